The molecule has 2 N–H and O–H groups in total. The van der Waals surface area contributed by atoms with Crippen molar-refractivity contribution in [3.05, 3.63) is 79.1 Å². The van der Waals surface area contributed by atoms with Crippen molar-refractivity contribution in [2.75, 3.05) is 41.8 Å². The van der Waals surface area contributed by atoms with Crippen molar-refractivity contribution in [2.24, 2.45) is 0 Å². The van der Waals surface area contributed by atoms with Gasteiger partial charge in [-0.2, -0.15) is 0 Å². The van der Waals surface area contributed by atoms with Crippen LogP contribution in [0, 0.1) is 0 Å². The summed E-state index contributed by atoms with van der Waals surface area (Å²) in [5.41, 5.74) is 5.07. The molecule has 0 aliphatic carbocycles. The summed E-state index contributed by atoms with van der Waals surface area (Å²) >= 11 is 0. The molecule has 0 bridgehead atoms. The number of aromatic nitrogens is 3. The van der Waals surface area contributed by atoms with E-state index in [0.717, 1.165) is 54.2 Å². The second-order valence-electron chi connectivity index (χ2n) is 8.13. The lowest BCUT2D eigenvalue weighted by atomic mass is 10.1. The highest BCUT2D eigenvalue weighted by Crippen LogP contribution is 2.28. The first kappa shape index (κ1) is 22.5. The quantitative estimate of drug-likeness (QED) is 0.395. The number of ether oxygens (including phenoxy) is 1. The van der Waals surface area contributed by atoms with Gasteiger partial charge in [-0.1, -0.05) is 18.2 Å². The Hall–Kier alpha value is -4.30. The number of hydrogen-bond donors (Lipinski definition) is 2. The minimum Gasteiger partial charge on any atom is -0.378 e. The van der Waals surface area contributed by atoms with Crippen molar-refractivity contribution in [3.8, 4) is 11.3 Å². The van der Waals surface area contributed by atoms with Crippen LogP contribution in [0.3, 0.4) is 0 Å². The van der Waals surface area contributed by atoms with Crippen LogP contribution in [0.15, 0.2) is 79.1 Å². The van der Waals surface area contributed by atoms with Crippen LogP contribution in [0.5, 0.6) is 0 Å². The summed E-state index contributed by atoms with van der Waals surface area (Å²) in [5, 5.41) is 7.04. The first-order valence-corrected chi connectivity index (χ1v) is 11.6. The normalized spacial score (nSPS) is 13.8. The van der Waals surface area contributed by atoms with Gasteiger partial charge in [0.1, 0.15) is 5.52 Å². The van der Waals surface area contributed by atoms with Crippen molar-refractivity contribution >= 4 is 39.8 Å². The predicted octanol–water partition coefficient (Wildman–Crippen LogP) is 4.79. The SMILES string of the molecule is CC=CC(=O)Nc1cccc(-c2nccc3cnc(Nc4ccc(N5CCOCC5)cc4)nc23)c1. The lowest BCUT2D eigenvalue weighted by molar-refractivity contribution is -0.111. The van der Waals surface area contributed by atoms with Gasteiger partial charge in [0, 0.05) is 53.5 Å². The number of nitrogens with one attached hydrogen (secondary N) is 2. The highest BCUT2D eigenvalue weighted by Gasteiger charge is 2.12. The van der Waals surface area contributed by atoms with Gasteiger partial charge in [-0.25, -0.2) is 9.97 Å². The maximum absolute atomic E-state index is 12.0. The van der Waals surface area contributed by atoms with Crippen LogP contribution in [-0.2, 0) is 9.53 Å². The standard InChI is InChI=1S/C27H26N6O2/c1-2-4-24(34)30-22-6-3-5-19(17-22)25-26-20(11-12-28-25)18-29-27(32-26)31-21-7-9-23(10-8-21)33-13-15-35-16-14-33/h2-12,17-18H,13-16H2,1H3,(H,30,34)(H,29,31,32). The highest BCUT2D eigenvalue weighted by molar-refractivity contribution is 6.00. The molecular formula is C27H26N6O2. The molecule has 0 radical (unpaired) electrons. The average molecular weight is 467 g/mol. The number of nitrogens with zero attached hydrogens (tertiary/aromatic N) is 4. The van der Waals surface area contributed by atoms with Gasteiger partial charge < -0.3 is 20.3 Å². The first-order chi connectivity index (χ1) is 17.2. The van der Waals surface area contributed by atoms with Crippen molar-refractivity contribution in [1.29, 1.82) is 0 Å². The van der Waals surface area contributed by atoms with E-state index in [1.165, 1.54) is 11.8 Å². The van der Waals surface area contributed by atoms with E-state index in [0.29, 0.717) is 11.6 Å². The van der Waals surface area contributed by atoms with E-state index in [1.54, 1.807) is 25.4 Å². The lowest BCUT2D eigenvalue weighted by Gasteiger charge is -2.28. The number of carbonyl (C=O) groups excluding carboxylic acids is 1. The zero-order valence-corrected chi connectivity index (χ0v) is 19.4. The molecule has 0 saturated carbocycles. The maximum atomic E-state index is 12.0. The number of rotatable bonds is 6. The fourth-order valence-corrected chi connectivity index (χ4v) is 4.01. The summed E-state index contributed by atoms with van der Waals surface area (Å²) in [6.45, 7) is 5.12. The molecule has 0 spiro atoms. The number of morpholine rings is 1. The van der Waals surface area contributed by atoms with Crippen LogP contribution < -0.4 is 15.5 Å². The van der Waals surface area contributed by atoms with Crippen molar-refractivity contribution in [1.82, 2.24) is 15.0 Å². The Balaban J connectivity index is 1.40. The lowest BCUT2D eigenvalue weighted by Crippen LogP contribution is -2.36. The van der Waals surface area contributed by atoms with Gasteiger partial charge in [0.05, 0.1) is 18.9 Å². The molecule has 8 nitrogen and oxygen atoms in total. The van der Waals surface area contributed by atoms with E-state index >= 15 is 0 Å². The van der Waals surface area contributed by atoms with Gasteiger partial charge in [-0.05, 0) is 55.5 Å². The van der Waals surface area contributed by atoms with Gasteiger partial charge in [-0.3, -0.25) is 9.78 Å². The number of allylic oxidation sites excluding steroid dienone is 1. The van der Waals surface area contributed by atoms with E-state index in [2.05, 4.69) is 37.6 Å². The molecule has 35 heavy (non-hydrogen) atoms. The number of fused-ring (bicyclic) bond motifs is 1. The fourth-order valence-electron chi connectivity index (χ4n) is 4.01. The highest BCUT2D eigenvalue weighted by atomic mass is 16.5. The van der Waals surface area contributed by atoms with Crippen LogP contribution in [0.25, 0.3) is 22.2 Å². The Bertz CT molecular complexity index is 1360. The third-order valence-electron chi connectivity index (χ3n) is 5.72. The molecule has 1 fully saturated rings. The number of anilines is 4. The van der Waals surface area contributed by atoms with E-state index in [4.69, 9.17) is 9.72 Å². The predicted molar refractivity (Wildman–Crippen MR) is 139 cm³/mol. The van der Waals surface area contributed by atoms with Gasteiger partial charge in [0.25, 0.3) is 0 Å². The zero-order valence-electron chi connectivity index (χ0n) is 19.4. The third-order valence-corrected chi connectivity index (χ3v) is 5.72. The molecule has 3 heterocycles. The van der Waals surface area contributed by atoms with Crippen molar-refractivity contribution in [2.45, 2.75) is 6.92 Å². The van der Waals surface area contributed by atoms with E-state index in [9.17, 15) is 4.79 Å². The minimum atomic E-state index is -0.177. The molecule has 1 aliphatic heterocycles. The smallest absolute Gasteiger partial charge is 0.248 e. The Morgan fingerprint density at radius 2 is 1.86 bits per heavy atom. The van der Waals surface area contributed by atoms with Crippen molar-refractivity contribution in [3.63, 3.8) is 0 Å². The third kappa shape index (κ3) is 5.28. The summed E-state index contributed by atoms with van der Waals surface area (Å²) in [6.07, 6.45) is 6.72. The number of pyridine rings is 1. The Morgan fingerprint density at radius 3 is 2.66 bits per heavy atom. The summed E-state index contributed by atoms with van der Waals surface area (Å²) in [5.74, 6) is 0.312. The number of benzene rings is 2. The van der Waals surface area contributed by atoms with Gasteiger partial charge in [-0.15, -0.1) is 0 Å². The molecule has 2 aromatic heterocycles. The summed E-state index contributed by atoms with van der Waals surface area (Å²) in [7, 11) is 0. The summed E-state index contributed by atoms with van der Waals surface area (Å²) in [6, 6.07) is 17.7. The largest absolute Gasteiger partial charge is 0.378 e. The molecule has 1 saturated heterocycles. The number of amides is 1. The summed E-state index contributed by atoms with van der Waals surface area (Å²) in [4.78, 5) is 28.1. The van der Waals surface area contributed by atoms with Crippen molar-refractivity contribution < 1.29 is 9.53 Å². The molecule has 1 amide bonds. The zero-order chi connectivity index (χ0) is 24.0. The number of carbonyl (C=O) groups is 1. The Kier molecular flexibility index (Phi) is 6.63. The van der Waals surface area contributed by atoms with Crippen LogP contribution in [0.4, 0.5) is 23.0 Å². The topological polar surface area (TPSA) is 92.3 Å². The molecule has 176 valence electrons. The molecule has 5 rings (SSSR count). The second kappa shape index (κ2) is 10.3. The molecule has 0 unspecified atom stereocenters. The molecular weight excluding hydrogens is 440 g/mol. The van der Waals surface area contributed by atoms with E-state index in [1.807, 2.05) is 42.5 Å². The average Bonchev–Trinajstić information content (AvgIpc) is 2.89. The van der Waals surface area contributed by atoms with Crippen LogP contribution in [0.1, 0.15) is 6.92 Å². The Labute approximate surface area is 203 Å². The van der Waals surface area contributed by atoms with Crippen LogP contribution in [-0.4, -0.2) is 47.2 Å². The second-order valence-corrected chi connectivity index (χ2v) is 8.13. The molecule has 0 atom stereocenters. The maximum Gasteiger partial charge on any atom is 0.248 e. The van der Waals surface area contributed by atoms with Crippen LogP contribution >= 0.6 is 0 Å². The molecule has 8 heteroatoms. The fraction of sp³-hybridized carbons (Fsp3) is 0.185. The van der Waals surface area contributed by atoms with Gasteiger partial charge in [0.15, 0.2) is 0 Å². The first-order valence-electron chi connectivity index (χ1n) is 11.6. The molecule has 1 aliphatic rings. The minimum absolute atomic E-state index is 0.177. The molecule has 2 aromatic carbocycles. The van der Waals surface area contributed by atoms with E-state index in [-0.39, 0.29) is 5.91 Å². The van der Waals surface area contributed by atoms with E-state index < -0.39 is 0 Å². The molecule has 4 aromatic rings. The monoisotopic (exact) mass is 466 g/mol. The summed E-state index contributed by atoms with van der Waals surface area (Å²) < 4.78 is 5.44. The number of hydrogen-bond acceptors (Lipinski definition) is 7. The van der Waals surface area contributed by atoms with Gasteiger partial charge >= 0.3 is 0 Å². The van der Waals surface area contributed by atoms with Crippen LogP contribution in [0.2, 0.25) is 0 Å². The Morgan fingerprint density at radius 1 is 1.03 bits per heavy atom. The van der Waals surface area contributed by atoms with Gasteiger partial charge in [0.2, 0.25) is 11.9 Å².